The molecule has 0 fully saturated rings. The van der Waals surface area contributed by atoms with Crippen molar-refractivity contribution < 1.29 is 0 Å². The van der Waals surface area contributed by atoms with Crippen molar-refractivity contribution in [3.8, 4) is 0 Å². The quantitative estimate of drug-likeness (QED) is 0.899. The normalized spacial score (nSPS) is 10.5. The maximum Gasteiger partial charge on any atom is 0.164 e. The van der Waals surface area contributed by atoms with Gasteiger partial charge in [0.25, 0.3) is 0 Å². The van der Waals surface area contributed by atoms with E-state index in [4.69, 9.17) is 5.73 Å². The highest BCUT2D eigenvalue weighted by molar-refractivity contribution is 9.10. The molecule has 0 saturated carbocycles. The van der Waals surface area contributed by atoms with Gasteiger partial charge in [0.15, 0.2) is 5.82 Å². The summed E-state index contributed by atoms with van der Waals surface area (Å²) >= 11 is 3.33. The Morgan fingerprint density at radius 1 is 1.33 bits per heavy atom. The topological polar surface area (TPSA) is 69.6 Å². The van der Waals surface area contributed by atoms with Crippen molar-refractivity contribution in [2.24, 2.45) is 5.73 Å². The van der Waals surface area contributed by atoms with Crippen LogP contribution in [-0.4, -0.2) is 19.7 Å². The van der Waals surface area contributed by atoms with E-state index in [1.54, 1.807) is 17.2 Å². The lowest BCUT2D eigenvalue weighted by Gasteiger charge is -1.99. The minimum absolute atomic E-state index is 0.362. The van der Waals surface area contributed by atoms with Crippen LogP contribution >= 0.6 is 15.9 Å². The Morgan fingerprint density at radius 3 is 2.80 bits per heavy atom. The zero-order valence-electron chi connectivity index (χ0n) is 7.97. The molecule has 0 spiro atoms. The van der Waals surface area contributed by atoms with Gasteiger partial charge in [-0.15, -0.1) is 0 Å². The van der Waals surface area contributed by atoms with Crippen LogP contribution < -0.4 is 5.73 Å². The molecule has 5 nitrogen and oxygen atoms in total. The first kappa shape index (κ1) is 10.3. The molecule has 0 aliphatic heterocycles. The van der Waals surface area contributed by atoms with Gasteiger partial charge in [0.1, 0.15) is 6.33 Å². The first-order valence-electron chi connectivity index (χ1n) is 4.47. The van der Waals surface area contributed by atoms with Crippen molar-refractivity contribution in [1.29, 1.82) is 0 Å². The van der Waals surface area contributed by atoms with E-state index < -0.39 is 0 Å². The summed E-state index contributed by atoms with van der Waals surface area (Å²) in [7, 11) is 0. The van der Waals surface area contributed by atoms with Crippen molar-refractivity contribution in [1.82, 2.24) is 19.7 Å². The molecule has 2 aromatic rings. The zero-order valence-corrected chi connectivity index (χ0v) is 9.55. The second kappa shape index (κ2) is 4.50. The lowest BCUT2D eigenvalue weighted by Crippen LogP contribution is -2.04. The minimum Gasteiger partial charge on any atom is -0.324 e. The number of hydrogen-bond donors (Lipinski definition) is 1. The highest BCUT2D eigenvalue weighted by atomic mass is 79.9. The van der Waals surface area contributed by atoms with Gasteiger partial charge in [-0.3, -0.25) is 4.98 Å². The van der Waals surface area contributed by atoms with Crippen molar-refractivity contribution in [2.75, 3.05) is 0 Å². The van der Waals surface area contributed by atoms with E-state index in [2.05, 4.69) is 31.0 Å². The smallest absolute Gasteiger partial charge is 0.164 e. The molecule has 15 heavy (non-hydrogen) atoms. The summed E-state index contributed by atoms with van der Waals surface area (Å²) in [5.41, 5.74) is 6.35. The second-order valence-electron chi connectivity index (χ2n) is 3.03. The Bertz CT molecular complexity index is 436. The van der Waals surface area contributed by atoms with Crippen LogP contribution in [0, 0.1) is 0 Å². The lowest BCUT2D eigenvalue weighted by atomic mass is 10.3. The summed E-state index contributed by atoms with van der Waals surface area (Å²) in [6, 6.07) is 3.89. The molecule has 0 aliphatic rings. The summed E-state index contributed by atoms with van der Waals surface area (Å²) < 4.78 is 2.69. The predicted octanol–water partition coefficient (Wildman–Crippen LogP) is 0.943. The number of hydrogen-bond acceptors (Lipinski definition) is 4. The summed E-state index contributed by atoms with van der Waals surface area (Å²) in [5, 5.41) is 4.18. The maximum atomic E-state index is 5.42. The van der Waals surface area contributed by atoms with Crippen LogP contribution in [0.25, 0.3) is 0 Å². The van der Waals surface area contributed by atoms with E-state index in [1.807, 2.05) is 12.1 Å². The SMILES string of the molecule is NCc1ncn(Cc2ccc(Br)cn2)n1. The van der Waals surface area contributed by atoms with Crippen LogP contribution in [0.2, 0.25) is 0 Å². The summed E-state index contributed by atoms with van der Waals surface area (Å²) in [6.45, 7) is 0.973. The Kier molecular flexibility index (Phi) is 3.08. The van der Waals surface area contributed by atoms with Gasteiger partial charge in [-0.05, 0) is 28.1 Å². The number of halogens is 1. The monoisotopic (exact) mass is 267 g/mol. The van der Waals surface area contributed by atoms with Crippen LogP contribution in [0.1, 0.15) is 11.5 Å². The van der Waals surface area contributed by atoms with Gasteiger partial charge in [0.05, 0.1) is 18.8 Å². The van der Waals surface area contributed by atoms with Crippen LogP contribution in [0.15, 0.2) is 29.1 Å². The Balaban J connectivity index is 2.11. The maximum absolute atomic E-state index is 5.42. The van der Waals surface area contributed by atoms with E-state index >= 15 is 0 Å². The highest BCUT2D eigenvalue weighted by Crippen LogP contribution is 2.07. The molecule has 6 heteroatoms. The fourth-order valence-corrected chi connectivity index (χ4v) is 1.40. The summed E-state index contributed by atoms with van der Waals surface area (Å²) in [6.07, 6.45) is 3.42. The molecule has 0 radical (unpaired) electrons. The van der Waals surface area contributed by atoms with E-state index in [1.165, 1.54) is 0 Å². The largest absolute Gasteiger partial charge is 0.324 e. The van der Waals surface area contributed by atoms with Gasteiger partial charge in [-0.2, -0.15) is 5.10 Å². The minimum atomic E-state index is 0.362. The van der Waals surface area contributed by atoms with Gasteiger partial charge < -0.3 is 5.73 Å². The van der Waals surface area contributed by atoms with Crippen LogP contribution in [0.5, 0.6) is 0 Å². The molecule has 0 aliphatic carbocycles. The first-order valence-corrected chi connectivity index (χ1v) is 5.26. The third-order valence-electron chi connectivity index (χ3n) is 1.88. The van der Waals surface area contributed by atoms with Gasteiger partial charge >= 0.3 is 0 Å². The molecule has 0 unspecified atom stereocenters. The number of nitrogens with two attached hydrogens (primary N) is 1. The molecule has 2 heterocycles. The molecule has 2 N–H and O–H groups in total. The molecule has 2 aromatic heterocycles. The van der Waals surface area contributed by atoms with Crippen LogP contribution in [-0.2, 0) is 13.1 Å². The molecule has 0 aromatic carbocycles. The number of aromatic nitrogens is 4. The predicted molar refractivity (Wildman–Crippen MR) is 59.0 cm³/mol. The molecule has 0 amide bonds. The van der Waals surface area contributed by atoms with Gasteiger partial charge in [-0.25, -0.2) is 9.67 Å². The molecular weight excluding hydrogens is 258 g/mol. The van der Waals surface area contributed by atoms with Crippen LogP contribution in [0.3, 0.4) is 0 Å². The summed E-state index contributed by atoms with van der Waals surface area (Å²) in [4.78, 5) is 8.28. The Morgan fingerprint density at radius 2 is 2.20 bits per heavy atom. The average molecular weight is 268 g/mol. The third kappa shape index (κ3) is 2.60. The molecule has 0 saturated heterocycles. The second-order valence-corrected chi connectivity index (χ2v) is 3.95. The molecule has 0 bridgehead atoms. The average Bonchev–Trinajstić information content (AvgIpc) is 2.69. The first-order chi connectivity index (χ1) is 7.28. The van der Waals surface area contributed by atoms with Crippen molar-refractivity contribution >= 4 is 15.9 Å². The number of nitrogens with zero attached hydrogens (tertiary/aromatic N) is 4. The van der Waals surface area contributed by atoms with E-state index in [-0.39, 0.29) is 0 Å². The fourth-order valence-electron chi connectivity index (χ4n) is 1.17. The number of rotatable bonds is 3. The number of pyridine rings is 1. The van der Waals surface area contributed by atoms with Crippen molar-refractivity contribution in [2.45, 2.75) is 13.1 Å². The van der Waals surface area contributed by atoms with Crippen molar-refractivity contribution in [3.63, 3.8) is 0 Å². The molecule has 0 atom stereocenters. The molecule has 2 rings (SSSR count). The fraction of sp³-hybridized carbons (Fsp3) is 0.222. The van der Waals surface area contributed by atoms with Crippen molar-refractivity contribution in [3.05, 3.63) is 40.6 Å². The third-order valence-corrected chi connectivity index (χ3v) is 2.35. The van der Waals surface area contributed by atoms with Gasteiger partial charge in [-0.1, -0.05) is 0 Å². The van der Waals surface area contributed by atoms with Gasteiger partial charge in [0.2, 0.25) is 0 Å². The Labute approximate surface area is 95.5 Å². The molecule has 78 valence electrons. The van der Waals surface area contributed by atoms with Crippen LogP contribution in [0.4, 0.5) is 0 Å². The lowest BCUT2D eigenvalue weighted by molar-refractivity contribution is 0.659. The highest BCUT2D eigenvalue weighted by Gasteiger charge is 2.00. The van der Waals surface area contributed by atoms with E-state index in [0.717, 1.165) is 10.2 Å². The standard InChI is InChI=1S/C9H10BrN5/c10-7-1-2-8(12-4-7)5-15-6-13-9(3-11)14-15/h1-2,4,6H,3,5,11H2. The van der Waals surface area contributed by atoms with E-state index in [9.17, 15) is 0 Å². The summed E-state index contributed by atoms with van der Waals surface area (Å²) in [5.74, 6) is 0.645. The van der Waals surface area contributed by atoms with E-state index in [0.29, 0.717) is 18.9 Å². The van der Waals surface area contributed by atoms with Gasteiger partial charge in [0, 0.05) is 10.7 Å². The Hall–Kier alpha value is -1.27. The zero-order chi connectivity index (χ0) is 10.7. The molecular formula is C9H10BrN5.